The normalized spacial score (nSPS) is 10.4. The van der Waals surface area contributed by atoms with Crippen molar-refractivity contribution in [2.24, 2.45) is 0 Å². The topological polar surface area (TPSA) is 167 Å². The number of hydrogen-bond donors (Lipinski definition) is 2. The summed E-state index contributed by atoms with van der Waals surface area (Å²) in [6.45, 7) is -1.15. The highest BCUT2D eigenvalue weighted by atomic mass is 16.5. The van der Waals surface area contributed by atoms with Crippen LogP contribution in [0, 0.1) is 0 Å². The van der Waals surface area contributed by atoms with Crippen LogP contribution in [0.1, 0.15) is 19.8 Å². The van der Waals surface area contributed by atoms with Gasteiger partial charge in [-0.15, -0.1) is 0 Å². The predicted octanol–water partition coefficient (Wildman–Crippen LogP) is -2.32. The molecule has 12 nitrogen and oxygen atoms in total. The van der Waals surface area contributed by atoms with Crippen molar-refractivity contribution >= 4 is 17.9 Å². The number of carboxylic acids is 2. The SMILES string of the molecule is CCCCOC(=O)Cn1c(=O)n(CC(=O)O)c(=O)n(CC(=O)O)c1=O. The van der Waals surface area contributed by atoms with E-state index in [0.29, 0.717) is 6.42 Å². The average molecular weight is 359 g/mol. The number of unbranched alkanes of at least 4 members (excludes halogenated alkanes) is 1. The van der Waals surface area contributed by atoms with E-state index in [2.05, 4.69) is 0 Å². The van der Waals surface area contributed by atoms with Gasteiger partial charge in [0.2, 0.25) is 0 Å². The van der Waals surface area contributed by atoms with E-state index in [1.807, 2.05) is 6.92 Å². The molecule has 0 fully saturated rings. The summed E-state index contributed by atoms with van der Waals surface area (Å²) in [6.07, 6.45) is 1.30. The quantitative estimate of drug-likeness (QED) is 0.363. The molecule has 0 aliphatic rings. The van der Waals surface area contributed by atoms with E-state index in [-0.39, 0.29) is 20.3 Å². The van der Waals surface area contributed by atoms with Crippen LogP contribution >= 0.6 is 0 Å². The molecule has 1 aromatic rings. The Kier molecular flexibility index (Phi) is 6.84. The van der Waals surface area contributed by atoms with Crippen molar-refractivity contribution in [2.45, 2.75) is 39.4 Å². The molecule has 25 heavy (non-hydrogen) atoms. The second kappa shape index (κ2) is 8.61. The lowest BCUT2D eigenvalue weighted by Crippen LogP contribution is -2.56. The van der Waals surface area contributed by atoms with Gasteiger partial charge in [-0.25, -0.2) is 28.1 Å². The van der Waals surface area contributed by atoms with Gasteiger partial charge in [0, 0.05) is 0 Å². The number of ether oxygens (including phenoxy) is 1. The first-order valence-corrected chi connectivity index (χ1v) is 7.22. The summed E-state index contributed by atoms with van der Waals surface area (Å²) >= 11 is 0. The molecule has 0 saturated carbocycles. The lowest BCUT2D eigenvalue weighted by Gasteiger charge is -2.11. The molecular weight excluding hydrogens is 342 g/mol. The van der Waals surface area contributed by atoms with Crippen molar-refractivity contribution in [1.29, 1.82) is 0 Å². The van der Waals surface area contributed by atoms with Crippen molar-refractivity contribution in [1.82, 2.24) is 13.7 Å². The molecule has 0 unspecified atom stereocenters. The Morgan fingerprint density at radius 1 is 0.840 bits per heavy atom. The first-order chi connectivity index (χ1) is 11.7. The minimum absolute atomic E-state index is 0.0577. The van der Waals surface area contributed by atoms with Gasteiger partial charge < -0.3 is 14.9 Å². The summed E-state index contributed by atoms with van der Waals surface area (Å²) in [7, 11) is 0. The lowest BCUT2D eigenvalue weighted by molar-refractivity contribution is -0.144. The number of nitrogens with zero attached hydrogens (tertiary/aromatic N) is 3. The van der Waals surface area contributed by atoms with Crippen molar-refractivity contribution in [2.75, 3.05) is 6.61 Å². The van der Waals surface area contributed by atoms with Crippen molar-refractivity contribution < 1.29 is 29.3 Å². The zero-order valence-corrected chi connectivity index (χ0v) is 13.3. The summed E-state index contributed by atoms with van der Waals surface area (Å²) in [5.41, 5.74) is -4.08. The Balaban J connectivity index is 3.40. The van der Waals surface area contributed by atoms with Crippen LogP contribution in [-0.4, -0.2) is 48.4 Å². The molecule has 0 atom stereocenters. The Morgan fingerprint density at radius 3 is 1.60 bits per heavy atom. The second-order valence-corrected chi connectivity index (χ2v) is 4.97. The van der Waals surface area contributed by atoms with E-state index < -0.39 is 54.6 Å². The van der Waals surface area contributed by atoms with Gasteiger partial charge in [0.1, 0.15) is 19.6 Å². The number of esters is 1. The molecule has 0 saturated heterocycles. The van der Waals surface area contributed by atoms with Gasteiger partial charge in [-0.1, -0.05) is 13.3 Å². The number of carbonyl (C=O) groups is 3. The van der Waals surface area contributed by atoms with E-state index in [1.165, 1.54) is 0 Å². The zero-order chi connectivity index (χ0) is 19.1. The number of aromatic nitrogens is 3. The maximum Gasteiger partial charge on any atom is 0.337 e. The molecule has 0 bridgehead atoms. The zero-order valence-electron chi connectivity index (χ0n) is 13.3. The summed E-state index contributed by atoms with van der Waals surface area (Å²) in [6, 6.07) is 0. The molecule has 0 spiro atoms. The minimum Gasteiger partial charge on any atom is -0.480 e. The van der Waals surface area contributed by atoms with Gasteiger partial charge in [-0.05, 0) is 6.42 Å². The lowest BCUT2D eigenvalue weighted by atomic mass is 10.4. The fourth-order valence-electron chi connectivity index (χ4n) is 1.86. The van der Waals surface area contributed by atoms with E-state index in [9.17, 15) is 28.8 Å². The van der Waals surface area contributed by atoms with Crippen LogP contribution in [0.4, 0.5) is 0 Å². The average Bonchev–Trinajstić information content (AvgIpc) is 2.52. The third-order valence-corrected chi connectivity index (χ3v) is 3.02. The highest BCUT2D eigenvalue weighted by molar-refractivity contribution is 5.69. The monoisotopic (exact) mass is 359 g/mol. The number of hydrogen-bond acceptors (Lipinski definition) is 7. The maximum absolute atomic E-state index is 12.1. The highest BCUT2D eigenvalue weighted by Crippen LogP contribution is 1.90. The van der Waals surface area contributed by atoms with E-state index in [0.717, 1.165) is 6.42 Å². The molecule has 12 heteroatoms. The Morgan fingerprint density at radius 2 is 1.24 bits per heavy atom. The molecule has 0 amide bonds. The highest BCUT2D eigenvalue weighted by Gasteiger charge is 2.20. The fraction of sp³-hybridized carbons (Fsp3) is 0.538. The molecule has 2 N–H and O–H groups in total. The third kappa shape index (κ3) is 5.16. The summed E-state index contributed by atoms with van der Waals surface area (Å²) in [4.78, 5) is 69.6. The van der Waals surface area contributed by atoms with Crippen LogP contribution in [0.5, 0.6) is 0 Å². The summed E-state index contributed by atoms with van der Waals surface area (Å²) in [5, 5.41) is 17.5. The van der Waals surface area contributed by atoms with E-state index in [1.54, 1.807) is 0 Å². The first-order valence-electron chi connectivity index (χ1n) is 7.22. The molecular formula is C13H17N3O9. The molecule has 1 rings (SSSR count). The van der Waals surface area contributed by atoms with Gasteiger partial charge >= 0.3 is 35.0 Å². The number of aliphatic carboxylic acids is 2. The van der Waals surface area contributed by atoms with Crippen LogP contribution in [-0.2, 0) is 38.8 Å². The number of rotatable bonds is 9. The van der Waals surface area contributed by atoms with E-state index >= 15 is 0 Å². The molecule has 1 aromatic heterocycles. The van der Waals surface area contributed by atoms with Crippen LogP contribution in [0.15, 0.2) is 14.4 Å². The first kappa shape index (κ1) is 19.9. The van der Waals surface area contributed by atoms with Crippen molar-refractivity contribution in [3.8, 4) is 0 Å². The standard InChI is InChI=1S/C13H17N3O9/c1-2-3-4-25-10(21)7-16-12(23)14(5-8(17)18)11(22)15(13(16)24)6-9(19)20/h2-7H2,1H3,(H,17,18)(H,19,20). The van der Waals surface area contributed by atoms with Crippen LogP contribution < -0.4 is 17.1 Å². The van der Waals surface area contributed by atoms with Gasteiger partial charge in [0.15, 0.2) is 0 Å². The van der Waals surface area contributed by atoms with Gasteiger partial charge in [0.05, 0.1) is 6.61 Å². The molecule has 0 radical (unpaired) electrons. The molecule has 0 aliphatic carbocycles. The second-order valence-electron chi connectivity index (χ2n) is 4.97. The Hall–Kier alpha value is -3.18. The Bertz CT molecular complexity index is 792. The third-order valence-electron chi connectivity index (χ3n) is 3.02. The van der Waals surface area contributed by atoms with E-state index in [4.69, 9.17) is 14.9 Å². The summed E-state index contributed by atoms with van der Waals surface area (Å²) < 4.78 is 5.38. The minimum atomic E-state index is -1.56. The maximum atomic E-state index is 12.1. The molecule has 1 heterocycles. The fourth-order valence-corrected chi connectivity index (χ4v) is 1.86. The predicted molar refractivity (Wildman–Crippen MR) is 80.4 cm³/mol. The smallest absolute Gasteiger partial charge is 0.337 e. The molecule has 0 aromatic carbocycles. The van der Waals surface area contributed by atoms with Crippen molar-refractivity contribution in [3.63, 3.8) is 0 Å². The largest absolute Gasteiger partial charge is 0.480 e. The van der Waals surface area contributed by atoms with Crippen LogP contribution in [0.25, 0.3) is 0 Å². The Labute approximate surface area is 139 Å². The van der Waals surface area contributed by atoms with Crippen LogP contribution in [0.2, 0.25) is 0 Å². The van der Waals surface area contributed by atoms with Gasteiger partial charge in [-0.3, -0.25) is 14.4 Å². The summed E-state index contributed by atoms with van der Waals surface area (Å²) in [5.74, 6) is -4.07. The molecule has 0 aliphatic heterocycles. The number of carboxylic acid groups (broad SMARTS) is 2. The van der Waals surface area contributed by atoms with Crippen LogP contribution in [0.3, 0.4) is 0 Å². The molecule has 138 valence electrons. The van der Waals surface area contributed by atoms with Gasteiger partial charge in [-0.2, -0.15) is 0 Å². The van der Waals surface area contributed by atoms with Gasteiger partial charge in [0.25, 0.3) is 0 Å². The number of carbonyl (C=O) groups excluding carboxylic acids is 1. The van der Waals surface area contributed by atoms with Crippen molar-refractivity contribution in [3.05, 3.63) is 31.5 Å².